The Morgan fingerprint density at radius 1 is 1.07 bits per heavy atom. The van der Waals surface area contributed by atoms with Gasteiger partial charge in [-0.25, -0.2) is 18.1 Å². The summed E-state index contributed by atoms with van der Waals surface area (Å²) < 4.78 is 42.4. The minimum atomic E-state index is -3.61. The highest BCUT2D eigenvalue weighted by Crippen LogP contribution is 2.29. The van der Waals surface area contributed by atoms with E-state index in [9.17, 15) is 8.42 Å². The zero-order chi connectivity index (χ0) is 21.3. The molecule has 0 bridgehead atoms. The molecule has 11 heteroatoms. The van der Waals surface area contributed by atoms with Crippen LogP contribution >= 0.6 is 24.0 Å². The average molecular weight is 550 g/mol. The number of methoxy groups -OCH3 is 3. The zero-order valence-electron chi connectivity index (χ0n) is 17.0. The number of aliphatic imine (C=N–C) groups is 1. The Labute approximate surface area is 194 Å². The van der Waals surface area contributed by atoms with E-state index in [2.05, 4.69) is 15.0 Å². The van der Waals surface area contributed by atoms with E-state index in [1.165, 1.54) is 13.2 Å². The van der Waals surface area contributed by atoms with Crippen LogP contribution in [0.2, 0.25) is 0 Å². The summed E-state index contributed by atoms with van der Waals surface area (Å²) in [5.41, 5.74) is 7.33. The van der Waals surface area contributed by atoms with E-state index in [-0.39, 0.29) is 47.9 Å². The summed E-state index contributed by atoms with van der Waals surface area (Å²) in [6.45, 7) is 0.707. The summed E-state index contributed by atoms with van der Waals surface area (Å²) in [5.74, 6) is 1.35. The van der Waals surface area contributed by atoms with E-state index in [0.29, 0.717) is 29.4 Å². The van der Waals surface area contributed by atoms with Crippen molar-refractivity contribution in [2.24, 2.45) is 10.7 Å². The van der Waals surface area contributed by atoms with E-state index in [0.717, 1.165) is 0 Å². The van der Waals surface area contributed by atoms with Crippen molar-refractivity contribution in [1.29, 1.82) is 0 Å². The number of nitrogens with one attached hydrogen (secondary N) is 2. The lowest BCUT2D eigenvalue weighted by molar-refractivity contribution is 0.204. The van der Waals surface area contributed by atoms with Gasteiger partial charge in [0.1, 0.15) is 0 Å². The van der Waals surface area contributed by atoms with Gasteiger partial charge in [-0.2, -0.15) is 0 Å². The summed E-state index contributed by atoms with van der Waals surface area (Å²) in [5, 5.41) is 2.97. The zero-order valence-corrected chi connectivity index (χ0v) is 20.2. The molecule has 0 radical (unpaired) electrons. The van der Waals surface area contributed by atoms with Gasteiger partial charge in [-0.05, 0) is 29.8 Å². The topological polar surface area (TPSA) is 124 Å². The van der Waals surface area contributed by atoms with Crippen LogP contribution < -0.4 is 25.2 Å². The number of nitrogens with zero attached hydrogens (tertiary/aromatic N) is 1. The molecule has 0 spiro atoms. The summed E-state index contributed by atoms with van der Waals surface area (Å²) >= 11 is 0. The number of hydrogen-bond donors (Lipinski definition) is 3. The van der Waals surface area contributed by atoms with E-state index >= 15 is 0 Å². The fraction of sp³-hybridized carbons (Fsp3) is 0.316. The van der Waals surface area contributed by atoms with E-state index in [1.807, 2.05) is 0 Å². The van der Waals surface area contributed by atoms with Crippen LogP contribution in [0.15, 0.2) is 52.4 Å². The summed E-state index contributed by atoms with van der Waals surface area (Å²) in [6.07, 6.45) is 0. The normalized spacial score (nSPS) is 11.5. The number of hydrogen-bond acceptors (Lipinski definition) is 6. The molecule has 2 aromatic rings. The molecular weight excluding hydrogens is 523 g/mol. The number of guanidine groups is 1. The highest BCUT2D eigenvalue weighted by Gasteiger charge is 2.13. The van der Waals surface area contributed by atoms with Crippen molar-refractivity contribution in [3.8, 4) is 11.5 Å². The molecule has 0 aliphatic rings. The van der Waals surface area contributed by atoms with Crippen molar-refractivity contribution in [2.45, 2.75) is 11.4 Å². The maximum atomic E-state index is 12.3. The minimum Gasteiger partial charge on any atom is -0.493 e. The Kier molecular flexibility index (Phi) is 10.9. The van der Waals surface area contributed by atoms with E-state index in [1.54, 1.807) is 50.6 Å². The first-order valence-electron chi connectivity index (χ1n) is 8.76. The van der Waals surface area contributed by atoms with Gasteiger partial charge in [0.05, 0.1) is 32.3 Å². The standard InChI is InChI=1S/C19H26N4O5S.HI/c1-26-10-9-22-29(24,25)16-6-4-5-14(11-16)13-21-19(20)23-15-7-8-17(27-2)18(12-15)28-3;/h4-8,11-12,22H,9-10,13H2,1-3H3,(H3,20,21,23);1H. The van der Waals surface area contributed by atoms with Gasteiger partial charge in [-0.1, -0.05) is 12.1 Å². The summed E-state index contributed by atoms with van der Waals surface area (Å²) in [6, 6.07) is 11.8. The third kappa shape index (κ3) is 7.63. The Bertz CT molecular complexity index is 954. The fourth-order valence-electron chi connectivity index (χ4n) is 2.45. The Balaban J connectivity index is 0.00000450. The molecule has 4 N–H and O–H groups in total. The molecule has 0 amide bonds. The molecule has 30 heavy (non-hydrogen) atoms. The number of anilines is 1. The van der Waals surface area contributed by atoms with Gasteiger partial charge in [-0.3, -0.25) is 0 Å². The highest BCUT2D eigenvalue weighted by atomic mass is 127. The number of nitrogens with two attached hydrogens (primary N) is 1. The maximum Gasteiger partial charge on any atom is 0.240 e. The Hall–Kier alpha value is -2.09. The molecule has 0 aliphatic heterocycles. The molecule has 166 valence electrons. The van der Waals surface area contributed by atoms with Crippen LogP contribution in [0.4, 0.5) is 5.69 Å². The van der Waals surface area contributed by atoms with E-state index in [4.69, 9.17) is 19.9 Å². The first-order chi connectivity index (χ1) is 13.9. The average Bonchev–Trinajstić information content (AvgIpc) is 2.72. The van der Waals surface area contributed by atoms with Gasteiger partial charge in [0, 0.05) is 25.4 Å². The Morgan fingerprint density at radius 3 is 2.47 bits per heavy atom. The van der Waals surface area contributed by atoms with Crippen LogP contribution in [0.25, 0.3) is 0 Å². The smallest absolute Gasteiger partial charge is 0.240 e. The van der Waals surface area contributed by atoms with Crippen LogP contribution in [-0.2, 0) is 21.3 Å². The van der Waals surface area contributed by atoms with Crippen molar-refractivity contribution < 1.29 is 22.6 Å². The lowest BCUT2D eigenvalue weighted by atomic mass is 10.2. The Morgan fingerprint density at radius 2 is 1.80 bits per heavy atom. The molecular formula is C19H27IN4O5S. The quantitative estimate of drug-likeness (QED) is 0.179. The predicted octanol–water partition coefficient (Wildman–Crippen LogP) is 2.17. The highest BCUT2D eigenvalue weighted by molar-refractivity contribution is 14.0. The molecule has 2 aromatic carbocycles. The SMILES string of the molecule is COCCNS(=O)(=O)c1cccc(CN=C(N)Nc2ccc(OC)c(OC)c2)c1.I. The van der Waals surface area contributed by atoms with Gasteiger partial charge in [-0.15, -0.1) is 24.0 Å². The number of ether oxygens (including phenoxy) is 3. The molecule has 0 unspecified atom stereocenters. The first-order valence-corrected chi connectivity index (χ1v) is 10.2. The molecule has 2 rings (SSSR count). The fourth-order valence-corrected chi connectivity index (χ4v) is 3.53. The van der Waals surface area contributed by atoms with Crippen LogP contribution in [0.3, 0.4) is 0 Å². The van der Waals surface area contributed by atoms with Crippen LogP contribution in [0.5, 0.6) is 11.5 Å². The second-order valence-electron chi connectivity index (χ2n) is 5.93. The molecule has 0 fully saturated rings. The van der Waals surface area contributed by atoms with Crippen molar-refractivity contribution in [1.82, 2.24) is 4.72 Å². The number of halogens is 1. The molecule has 0 heterocycles. The van der Waals surface area contributed by atoms with Crippen LogP contribution in [0, 0.1) is 0 Å². The lowest BCUT2D eigenvalue weighted by Crippen LogP contribution is -2.27. The third-order valence-electron chi connectivity index (χ3n) is 3.89. The van der Waals surface area contributed by atoms with Crippen molar-refractivity contribution in [2.75, 3.05) is 39.8 Å². The second-order valence-corrected chi connectivity index (χ2v) is 7.70. The minimum absolute atomic E-state index is 0. The first kappa shape index (κ1) is 25.9. The number of benzene rings is 2. The van der Waals surface area contributed by atoms with Crippen LogP contribution in [0.1, 0.15) is 5.56 Å². The number of sulfonamides is 1. The largest absolute Gasteiger partial charge is 0.493 e. The van der Waals surface area contributed by atoms with Gasteiger partial charge in [0.2, 0.25) is 10.0 Å². The molecule has 0 saturated carbocycles. The maximum absolute atomic E-state index is 12.3. The monoisotopic (exact) mass is 550 g/mol. The van der Waals surface area contributed by atoms with Gasteiger partial charge in [0.25, 0.3) is 0 Å². The van der Waals surface area contributed by atoms with E-state index < -0.39 is 10.0 Å². The summed E-state index contributed by atoms with van der Waals surface area (Å²) in [4.78, 5) is 4.42. The van der Waals surface area contributed by atoms with Crippen molar-refractivity contribution in [3.05, 3.63) is 48.0 Å². The lowest BCUT2D eigenvalue weighted by Gasteiger charge is -2.11. The molecule has 0 saturated heterocycles. The molecule has 9 nitrogen and oxygen atoms in total. The predicted molar refractivity (Wildman–Crippen MR) is 127 cm³/mol. The van der Waals surface area contributed by atoms with Crippen molar-refractivity contribution in [3.63, 3.8) is 0 Å². The third-order valence-corrected chi connectivity index (χ3v) is 5.35. The molecule has 0 aromatic heterocycles. The summed E-state index contributed by atoms with van der Waals surface area (Å²) in [7, 11) is 1.00. The van der Waals surface area contributed by atoms with Crippen LogP contribution in [-0.4, -0.2) is 48.9 Å². The molecule has 0 atom stereocenters. The van der Waals surface area contributed by atoms with Gasteiger partial charge in [0.15, 0.2) is 17.5 Å². The molecule has 0 aliphatic carbocycles. The number of rotatable bonds is 10. The second kappa shape index (κ2) is 12.6. The van der Waals surface area contributed by atoms with Crippen molar-refractivity contribution >= 4 is 45.6 Å². The van der Waals surface area contributed by atoms with Gasteiger partial charge < -0.3 is 25.3 Å². The van der Waals surface area contributed by atoms with Gasteiger partial charge >= 0.3 is 0 Å².